The van der Waals surface area contributed by atoms with Gasteiger partial charge in [0.25, 0.3) is 5.91 Å². The number of nitrogens with zero attached hydrogens (tertiary/aromatic N) is 2. The lowest BCUT2D eigenvalue weighted by molar-refractivity contribution is 0.0322. The summed E-state index contributed by atoms with van der Waals surface area (Å²) in [7, 11) is 0. The highest BCUT2D eigenvalue weighted by molar-refractivity contribution is 6.22. The third-order valence-electron chi connectivity index (χ3n) is 7.49. The number of aromatic hydroxyl groups is 1. The van der Waals surface area contributed by atoms with Crippen molar-refractivity contribution in [3.63, 3.8) is 0 Å². The van der Waals surface area contributed by atoms with Gasteiger partial charge in [-0.3, -0.25) is 9.69 Å². The lowest BCUT2D eigenvalue weighted by atomic mass is 9.92. The van der Waals surface area contributed by atoms with Crippen LogP contribution < -0.4 is 9.64 Å². The van der Waals surface area contributed by atoms with E-state index in [2.05, 4.69) is 9.88 Å². The molecular formula is C29H30ClN3O4. The van der Waals surface area contributed by atoms with Gasteiger partial charge in [-0.2, -0.15) is 0 Å². The maximum absolute atomic E-state index is 13.7. The number of carbonyl (C=O) groups excluding carboxylic acids is 1. The summed E-state index contributed by atoms with van der Waals surface area (Å²) in [5.41, 5.74) is 3.08. The second-order valence-electron chi connectivity index (χ2n) is 9.81. The van der Waals surface area contributed by atoms with Crippen LogP contribution in [0.4, 0.5) is 5.69 Å². The minimum atomic E-state index is -0.176. The van der Waals surface area contributed by atoms with Crippen molar-refractivity contribution in [1.29, 1.82) is 0 Å². The molecule has 0 bridgehead atoms. The SMILES string of the molecule is CC(Cl)[C@@H]1CN(C(=O)c2cc3cc(OCCN4CCOCC4)ccc3[nH]2)c2cc(O)c3ccccc3c21. The third-order valence-corrected chi connectivity index (χ3v) is 7.79. The predicted molar refractivity (Wildman–Crippen MR) is 146 cm³/mol. The van der Waals surface area contributed by atoms with Crippen molar-refractivity contribution in [3.05, 3.63) is 65.9 Å². The molecule has 1 aromatic heterocycles. The quantitative estimate of drug-likeness (QED) is 0.346. The first-order chi connectivity index (χ1) is 18.0. The summed E-state index contributed by atoms with van der Waals surface area (Å²) >= 11 is 6.61. The fourth-order valence-electron chi connectivity index (χ4n) is 5.51. The molecule has 3 heterocycles. The van der Waals surface area contributed by atoms with E-state index in [1.165, 1.54) is 0 Å². The minimum Gasteiger partial charge on any atom is -0.507 e. The predicted octanol–water partition coefficient (Wildman–Crippen LogP) is 5.11. The number of morpholine rings is 1. The fraction of sp³-hybridized carbons (Fsp3) is 0.345. The molecule has 0 aliphatic carbocycles. The van der Waals surface area contributed by atoms with Gasteiger partial charge in [-0.15, -0.1) is 11.6 Å². The maximum atomic E-state index is 13.7. The van der Waals surface area contributed by atoms with Gasteiger partial charge in [-0.05, 0) is 42.1 Å². The van der Waals surface area contributed by atoms with Crippen LogP contribution >= 0.6 is 11.6 Å². The molecule has 0 spiro atoms. The molecule has 37 heavy (non-hydrogen) atoms. The van der Waals surface area contributed by atoms with Gasteiger partial charge in [0.15, 0.2) is 0 Å². The van der Waals surface area contributed by atoms with Crippen LogP contribution in [0.3, 0.4) is 0 Å². The van der Waals surface area contributed by atoms with Gasteiger partial charge >= 0.3 is 0 Å². The van der Waals surface area contributed by atoms with Crippen LogP contribution in [0.25, 0.3) is 21.7 Å². The summed E-state index contributed by atoms with van der Waals surface area (Å²) < 4.78 is 11.4. The normalized spacial score (nSPS) is 18.9. The number of halogens is 1. The molecule has 7 nitrogen and oxygen atoms in total. The van der Waals surface area contributed by atoms with Crippen molar-refractivity contribution in [1.82, 2.24) is 9.88 Å². The number of alkyl halides is 1. The first-order valence-electron chi connectivity index (χ1n) is 12.8. The molecule has 3 aromatic carbocycles. The van der Waals surface area contributed by atoms with Gasteiger partial charge in [-0.1, -0.05) is 24.3 Å². The Morgan fingerprint density at radius 3 is 2.73 bits per heavy atom. The summed E-state index contributed by atoms with van der Waals surface area (Å²) in [5.74, 6) is 0.743. The Morgan fingerprint density at radius 1 is 1.16 bits per heavy atom. The third kappa shape index (κ3) is 4.52. The van der Waals surface area contributed by atoms with Gasteiger partial charge < -0.3 is 24.5 Å². The summed E-state index contributed by atoms with van der Waals surface area (Å²) in [6, 6.07) is 17.1. The van der Waals surface area contributed by atoms with Crippen LogP contribution in [0.2, 0.25) is 0 Å². The van der Waals surface area contributed by atoms with E-state index in [4.69, 9.17) is 21.1 Å². The number of ether oxygens (including phenoxy) is 2. The highest BCUT2D eigenvalue weighted by atomic mass is 35.5. The van der Waals surface area contributed by atoms with Crippen LogP contribution in [0.15, 0.2) is 54.6 Å². The number of anilines is 1. The fourth-order valence-corrected chi connectivity index (χ4v) is 5.72. The second kappa shape index (κ2) is 9.89. The number of hydrogen-bond donors (Lipinski definition) is 2. The smallest absolute Gasteiger partial charge is 0.274 e. The minimum absolute atomic E-state index is 0.0398. The van der Waals surface area contributed by atoms with Crippen LogP contribution in [0.1, 0.15) is 28.9 Å². The Kier molecular flexibility index (Phi) is 6.44. The van der Waals surface area contributed by atoms with Crippen LogP contribution in [0.5, 0.6) is 11.5 Å². The highest BCUT2D eigenvalue weighted by Crippen LogP contribution is 2.47. The largest absolute Gasteiger partial charge is 0.507 e. The summed E-state index contributed by atoms with van der Waals surface area (Å²) in [6.45, 7) is 7.27. The number of H-pyrrole nitrogens is 1. The highest BCUT2D eigenvalue weighted by Gasteiger charge is 2.37. The molecule has 0 saturated carbocycles. The van der Waals surface area contributed by atoms with E-state index in [0.29, 0.717) is 24.5 Å². The van der Waals surface area contributed by atoms with Crippen molar-refractivity contribution < 1.29 is 19.4 Å². The number of amides is 1. The molecule has 1 fully saturated rings. The Morgan fingerprint density at radius 2 is 1.95 bits per heavy atom. The molecule has 1 unspecified atom stereocenters. The Bertz CT molecular complexity index is 1460. The molecule has 192 valence electrons. The van der Waals surface area contributed by atoms with Gasteiger partial charge in [0, 0.05) is 59.8 Å². The van der Waals surface area contributed by atoms with Gasteiger partial charge in [-0.25, -0.2) is 0 Å². The molecule has 2 atom stereocenters. The average molecular weight is 520 g/mol. The number of aromatic nitrogens is 1. The zero-order chi connectivity index (χ0) is 25.5. The van der Waals surface area contributed by atoms with E-state index >= 15 is 0 Å². The molecule has 2 N–H and O–H groups in total. The number of benzene rings is 3. The summed E-state index contributed by atoms with van der Waals surface area (Å²) in [6.07, 6.45) is 0. The lowest BCUT2D eigenvalue weighted by Gasteiger charge is -2.26. The topological polar surface area (TPSA) is 78.0 Å². The van der Waals surface area contributed by atoms with Crippen LogP contribution in [-0.4, -0.2) is 72.3 Å². The van der Waals surface area contributed by atoms with Gasteiger partial charge in [0.2, 0.25) is 0 Å². The molecular weight excluding hydrogens is 490 g/mol. The zero-order valence-corrected chi connectivity index (χ0v) is 21.5. The number of rotatable bonds is 6. The van der Waals surface area contributed by atoms with E-state index in [1.54, 1.807) is 11.0 Å². The number of carbonyl (C=O) groups is 1. The number of nitrogens with one attached hydrogen (secondary N) is 1. The summed E-state index contributed by atoms with van der Waals surface area (Å²) in [4.78, 5) is 21.1. The van der Waals surface area contributed by atoms with Gasteiger partial charge in [0.05, 0.1) is 18.9 Å². The number of aromatic amines is 1. The van der Waals surface area contributed by atoms with Gasteiger partial charge in [0.1, 0.15) is 23.8 Å². The number of hydrogen-bond acceptors (Lipinski definition) is 5. The van der Waals surface area contributed by atoms with Crippen LogP contribution in [-0.2, 0) is 4.74 Å². The van der Waals surface area contributed by atoms with Crippen molar-refractivity contribution in [3.8, 4) is 11.5 Å². The van der Waals surface area contributed by atoms with Crippen molar-refractivity contribution in [2.24, 2.45) is 0 Å². The molecule has 0 radical (unpaired) electrons. The van der Waals surface area contributed by atoms with E-state index in [-0.39, 0.29) is 23.0 Å². The van der Waals surface area contributed by atoms with E-state index in [9.17, 15) is 9.90 Å². The monoisotopic (exact) mass is 519 g/mol. The van der Waals surface area contributed by atoms with Crippen LogP contribution in [0, 0.1) is 0 Å². The molecule has 1 amide bonds. The number of phenols is 1. The molecule has 2 aliphatic heterocycles. The Balaban J connectivity index is 1.25. The summed E-state index contributed by atoms with van der Waals surface area (Å²) in [5, 5.41) is 13.2. The standard InChI is InChI=1S/C29H30ClN3O4/c1-18(30)23-17-33(26-16-27(34)21-4-2-3-5-22(21)28(23)26)29(35)25-15-19-14-20(6-7-24(19)31-25)37-13-10-32-8-11-36-12-9-32/h2-7,14-16,18,23,31,34H,8-13,17H2,1H3/t18?,23-/m0/s1. The Hall–Kier alpha value is -3.26. The van der Waals surface area contributed by atoms with Crippen molar-refractivity contribution in [2.45, 2.75) is 18.2 Å². The maximum Gasteiger partial charge on any atom is 0.274 e. The van der Waals surface area contributed by atoms with E-state index in [1.807, 2.05) is 55.5 Å². The first-order valence-corrected chi connectivity index (χ1v) is 13.2. The van der Waals surface area contributed by atoms with E-state index in [0.717, 1.165) is 65.8 Å². The average Bonchev–Trinajstić information content (AvgIpc) is 3.51. The van der Waals surface area contributed by atoms with Crippen molar-refractivity contribution >= 4 is 44.9 Å². The Labute approximate surface area is 220 Å². The molecule has 8 heteroatoms. The number of fused-ring (bicyclic) bond motifs is 4. The lowest BCUT2D eigenvalue weighted by Crippen LogP contribution is -2.38. The number of phenolic OH excluding ortho intramolecular Hbond substituents is 1. The first kappa shape index (κ1) is 24.1. The molecule has 2 aliphatic rings. The molecule has 6 rings (SSSR count). The molecule has 4 aromatic rings. The van der Waals surface area contributed by atoms with Crippen molar-refractivity contribution in [2.75, 3.05) is 50.9 Å². The van der Waals surface area contributed by atoms with E-state index < -0.39 is 0 Å². The second-order valence-corrected chi connectivity index (χ2v) is 10.5. The molecule has 1 saturated heterocycles. The zero-order valence-electron chi connectivity index (χ0n) is 20.7.